The zero-order valence-electron chi connectivity index (χ0n) is 13.8. The van der Waals surface area contributed by atoms with Gasteiger partial charge < -0.3 is 19.1 Å². The fraction of sp³-hybridized carbons (Fsp3) is 0.353. The Balaban J connectivity index is 1.47. The van der Waals surface area contributed by atoms with Crippen LogP contribution >= 0.6 is 0 Å². The Morgan fingerprint density at radius 1 is 1.36 bits per heavy atom. The van der Waals surface area contributed by atoms with E-state index in [1.165, 1.54) is 0 Å². The van der Waals surface area contributed by atoms with Gasteiger partial charge in [0.1, 0.15) is 17.9 Å². The number of carbonyl (C=O) groups is 1. The first kappa shape index (κ1) is 15.6. The van der Waals surface area contributed by atoms with Crippen LogP contribution in [0.3, 0.4) is 0 Å². The predicted octanol–water partition coefficient (Wildman–Crippen LogP) is 0.815. The van der Waals surface area contributed by atoms with E-state index in [1.54, 1.807) is 57.1 Å². The van der Waals surface area contributed by atoms with Gasteiger partial charge in [-0.1, -0.05) is 0 Å². The quantitative estimate of drug-likeness (QED) is 0.759. The minimum Gasteiger partial charge on any atom is -0.482 e. The smallest absolute Gasteiger partial charge is 0.255 e. The molecule has 2 atom stereocenters. The van der Waals surface area contributed by atoms with E-state index >= 15 is 0 Å². The fourth-order valence-electron chi connectivity index (χ4n) is 3.02. The van der Waals surface area contributed by atoms with E-state index < -0.39 is 12.2 Å². The molecule has 8 heteroatoms. The number of aliphatic hydroxyl groups excluding tert-OH is 1. The molecule has 1 saturated heterocycles. The highest BCUT2D eigenvalue weighted by Crippen LogP contribution is 2.20. The minimum atomic E-state index is -0.731. The van der Waals surface area contributed by atoms with E-state index in [1.807, 2.05) is 6.92 Å². The Bertz CT molecular complexity index is 902. The van der Waals surface area contributed by atoms with Crippen molar-refractivity contribution in [2.45, 2.75) is 25.7 Å². The molecule has 1 amide bonds. The number of ether oxygens (including phenoxy) is 1. The number of hydrogen-bond donors (Lipinski definition) is 1. The number of nitrogens with zero attached hydrogens (tertiary/aromatic N) is 5. The van der Waals surface area contributed by atoms with Gasteiger partial charge in [-0.2, -0.15) is 5.10 Å². The normalized spacial score (nSPS) is 20.3. The van der Waals surface area contributed by atoms with E-state index in [2.05, 4.69) is 10.1 Å². The summed E-state index contributed by atoms with van der Waals surface area (Å²) >= 11 is 0. The first-order valence-corrected chi connectivity index (χ1v) is 8.23. The summed E-state index contributed by atoms with van der Waals surface area (Å²) in [6.07, 6.45) is 7.43. The van der Waals surface area contributed by atoms with Gasteiger partial charge in [-0.05, 0) is 19.1 Å². The van der Waals surface area contributed by atoms with Gasteiger partial charge in [-0.15, -0.1) is 0 Å². The Morgan fingerprint density at radius 3 is 3.04 bits per heavy atom. The number of fused-ring (bicyclic) bond motifs is 1. The molecule has 130 valence electrons. The number of aromatic nitrogens is 4. The summed E-state index contributed by atoms with van der Waals surface area (Å²) in [5.74, 6) is 0.463. The topological polar surface area (TPSA) is 84.9 Å². The molecule has 0 saturated carbocycles. The van der Waals surface area contributed by atoms with E-state index in [4.69, 9.17) is 4.74 Å². The summed E-state index contributed by atoms with van der Waals surface area (Å²) in [6, 6.07) is 3.55. The van der Waals surface area contributed by atoms with E-state index in [-0.39, 0.29) is 12.5 Å². The number of likely N-dealkylation sites (tertiary alicyclic amines) is 1. The van der Waals surface area contributed by atoms with Crippen LogP contribution in [0.2, 0.25) is 0 Å². The molecule has 8 nitrogen and oxygen atoms in total. The molecule has 0 unspecified atom stereocenters. The highest BCUT2D eigenvalue weighted by atomic mass is 16.5. The third-order valence-corrected chi connectivity index (χ3v) is 4.38. The summed E-state index contributed by atoms with van der Waals surface area (Å²) in [4.78, 5) is 18.5. The van der Waals surface area contributed by atoms with Gasteiger partial charge in [0.05, 0.1) is 31.0 Å². The average molecular weight is 341 g/mol. The second kappa shape index (κ2) is 6.21. The van der Waals surface area contributed by atoms with Crippen LogP contribution in [0.4, 0.5) is 0 Å². The van der Waals surface area contributed by atoms with Gasteiger partial charge in [0.15, 0.2) is 5.75 Å². The van der Waals surface area contributed by atoms with Crippen LogP contribution < -0.4 is 4.74 Å². The fourth-order valence-corrected chi connectivity index (χ4v) is 3.02. The molecule has 0 aromatic carbocycles. The second-order valence-corrected chi connectivity index (χ2v) is 6.08. The van der Waals surface area contributed by atoms with Gasteiger partial charge in [-0.25, -0.2) is 4.98 Å². The summed E-state index contributed by atoms with van der Waals surface area (Å²) in [6.45, 7) is 3.31. The average Bonchev–Trinajstić information content (AvgIpc) is 3.34. The van der Waals surface area contributed by atoms with Crippen molar-refractivity contribution in [3.05, 3.63) is 48.7 Å². The molecule has 1 fully saturated rings. The van der Waals surface area contributed by atoms with Crippen LogP contribution in [0.5, 0.6) is 5.75 Å². The van der Waals surface area contributed by atoms with E-state index in [0.717, 1.165) is 12.2 Å². The zero-order chi connectivity index (χ0) is 17.4. The van der Waals surface area contributed by atoms with Crippen LogP contribution in [0.1, 0.15) is 17.3 Å². The highest BCUT2D eigenvalue weighted by molar-refractivity contribution is 5.94. The number of β-amino-alcohol motifs (C(OH)–C–C–N with tert-alkyl or cyclic N) is 1. The SMILES string of the molecule is CCn1cc(O[C@@H]2CN(C(=O)c3ccc4nccn4c3)C[C@H]2O)cn1. The molecule has 0 spiro atoms. The number of imidazole rings is 1. The van der Waals surface area contributed by atoms with Gasteiger partial charge in [0.2, 0.25) is 0 Å². The number of carbonyl (C=O) groups excluding carboxylic acids is 1. The van der Waals surface area contributed by atoms with E-state index in [9.17, 15) is 9.90 Å². The van der Waals surface area contributed by atoms with Crippen LogP contribution in [-0.4, -0.2) is 60.4 Å². The van der Waals surface area contributed by atoms with Crippen LogP contribution in [0, 0.1) is 0 Å². The predicted molar refractivity (Wildman–Crippen MR) is 89.4 cm³/mol. The first-order chi connectivity index (χ1) is 12.1. The highest BCUT2D eigenvalue weighted by Gasteiger charge is 2.36. The molecule has 4 rings (SSSR count). The van der Waals surface area contributed by atoms with Crippen molar-refractivity contribution < 1.29 is 14.6 Å². The van der Waals surface area contributed by atoms with Gasteiger partial charge in [-0.3, -0.25) is 9.48 Å². The lowest BCUT2D eigenvalue weighted by Gasteiger charge is -2.16. The van der Waals surface area contributed by atoms with Crippen LogP contribution in [0.15, 0.2) is 43.1 Å². The maximum Gasteiger partial charge on any atom is 0.255 e. The van der Waals surface area contributed by atoms with Crippen LogP contribution in [0.25, 0.3) is 5.65 Å². The largest absolute Gasteiger partial charge is 0.482 e. The van der Waals surface area contributed by atoms with Crippen LogP contribution in [-0.2, 0) is 6.54 Å². The first-order valence-electron chi connectivity index (χ1n) is 8.23. The molecule has 3 aromatic heterocycles. The Morgan fingerprint density at radius 2 is 2.24 bits per heavy atom. The van der Waals surface area contributed by atoms with Crippen molar-refractivity contribution in [3.8, 4) is 5.75 Å². The number of amides is 1. The molecule has 0 bridgehead atoms. The van der Waals surface area contributed by atoms with Crippen molar-refractivity contribution in [3.63, 3.8) is 0 Å². The summed E-state index contributed by atoms with van der Waals surface area (Å²) in [5, 5.41) is 14.4. The van der Waals surface area contributed by atoms with E-state index in [0.29, 0.717) is 17.9 Å². The number of pyridine rings is 1. The molecular weight excluding hydrogens is 322 g/mol. The van der Waals surface area contributed by atoms with Crippen molar-refractivity contribution in [2.24, 2.45) is 0 Å². The van der Waals surface area contributed by atoms with Crippen molar-refractivity contribution in [2.75, 3.05) is 13.1 Å². The maximum absolute atomic E-state index is 12.7. The molecule has 1 aliphatic rings. The third-order valence-electron chi connectivity index (χ3n) is 4.38. The van der Waals surface area contributed by atoms with Gasteiger partial charge >= 0.3 is 0 Å². The summed E-state index contributed by atoms with van der Waals surface area (Å²) in [7, 11) is 0. The number of aliphatic hydroxyl groups is 1. The lowest BCUT2D eigenvalue weighted by Crippen LogP contribution is -2.31. The third kappa shape index (κ3) is 2.96. The van der Waals surface area contributed by atoms with Gasteiger partial charge in [0, 0.05) is 25.1 Å². The minimum absolute atomic E-state index is 0.134. The zero-order valence-corrected chi connectivity index (χ0v) is 13.8. The monoisotopic (exact) mass is 341 g/mol. The molecular formula is C17H19N5O3. The van der Waals surface area contributed by atoms with Gasteiger partial charge in [0.25, 0.3) is 5.91 Å². The Labute approximate surface area is 144 Å². The molecule has 25 heavy (non-hydrogen) atoms. The van der Waals surface area contributed by atoms with Crippen molar-refractivity contribution >= 4 is 11.6 Å². The summed E-state index contributed by atoms with van der Waals surface area (Å²) in [5.41, 5.74) is 1.34. The molecule has 4 heterocycles. The molecule has 3 aromatic rings. The lowest BCUT2D eigenvalue weighted by atomic mass is 10.2. The second-order valence-electron chi connectivity index (χ2n) is 6.08. The summed E-state index contributed by atoms with van der Waals surface area (Å²) < 4.78 is 9.35. The molecule has 0 radical (unpaired) electrons. The van der Waals surface area contributed by atoms with Crippen molar-refractivity contribution in [1.82, 2.24) is 24.1 Å². The standard InChI is InChI=1S/C17H19N5O3/c1-2-22-9-13(7-19-22)25-15-11-21(10-14(15)23)17(24)12-3-4-16-18-5-6-20(16)8-12/h3-9,14-15,23H,2,10-11H2,1H3/t14-,15-/m1/s1. The Hall–Kier alpha value is -2.87. The molecule has 1 aliphatic heterocycles. The number of rotatable bonds is 4. The molecule has 0 aliphatic carbocycles. The van der Waals surface area contributed by atoms with Crippen molar-refractivity contribution in [1.29, 1.82) is 0 Å². The molecule has 1 N–H and O–H groups in total. The Kier molecular flexibility index (Phi) is 3.89. The number of hydrogen-bond acceptors (Lipinski definition) is 5. The lowest BCUT2D eigenvalue weighted by molar-refractivity contribution is 0.0729. The number of aryl methyl sites for hydroxylation is 1. The maximum atomic E-state index is 12.7.